The van der Waals surface area contributed by atoms with Gasteiger partial charge in [0.25, 0.3) is 0 Å². The minimum Gasteiger partial charge on any atom is -0.381 e. The Balaban J connectivity index is 2.62. The first-order valence-electron chi connectivity index (χ1n) is 4.46. The smallest absolute Gasteiger partial charge is 0.125 e. The van der Waals surface area contributed by atoms with Crippen LogP contribution in [-0.2, 0) is 0 Å². The molecule has 1 atom stereocenters. The van der Waals surface area contributed by atoms with Gasteiger partial charge < -0.3 is 5.32 Å². The van der Waals surface area contributed by atoms with Crippen LogP contribution in [0, 0.1) is 5.82 Å². The second-order valence-corrected chi connectivity index (χ2v) is 3.86. The fourth-order valence-electron chi connectivity index (χ4n) is 0.998. The van der Waals surface area contributed by atoms with Crippen LogP contribution in [0.25, 0.3) is 0 Å². The van der Waals surface area contributed by atoms with Gasteiger partial charge in [-0.3, -0.25) is 0 Å². The minimum atomic E-state index is -0.898. The molecule has 0 amide bonds. The molecule has 0 saturated heterocycles. The summed E-state index contributed by atoms with van der Waals surface area (Å²) in [6, 6.07) is 4.28. The molecule has 1 rings (SSSR count). The van der Waals surface area contributed by atoms with Crippen LogP contribution < -0.4 is 5.32 Å². The first kappa shape index (κ1) is 11.4. The van der Waals surface area contributed by atoms with E-state index in [1.165, 1.54) is 12.1 Å². The van der Waals surface area contributed by atoms with E-state index >= 15 is 0 Å². The molecule has 0 saturated carbocycles. The molecule has 0 aliphatic rings. The third-order valence-corrected chi connectivity index (χ3v) is 2.58. The van der Waals surface area contributed by atoms with Crippen LogP contribution in [0.4, 0.5) is 14.5 Å². The Kier molecular flexibility index (Phi) is 4.32. The van der Waals surface area contributed by atoms with E-state index in [0.717, 1.165) is 4.47 Å². The maximum absolute atomic E-state index is 12.9. The summed E-state index contributed by atoms with van der Waals surface area (Å²) in [6.07, 6.45) is -0.440. The summed E-state index contributed by atoms with van der Waals surface area (Å²) in [5.74, 6) is -0.331. The molecule has 1 N–H and O–H groups in total. The number of alkyl halides is 1. The Bertz CT molecular complexity index is 304. The normalized spacial score (nSPS) is 12.6. The van der Waals surface area contributed by atoms with Crippen LogP contribution in [0.2, 0.25) is 0 Å². The van der Waals surface area contributed by atoms with Crippen LogP contribution in [0.1, 0.15) is 13.3 Å². The zero-order valence-electron chi connectivity index (χ0n) is 7.86. The van der Waals surface area contributed by atoms with Gasteiger partial charge in [0.2, 0.25) is 0 Å². The van der Waals surface area contributed by atoms with Crippen molar-refractivity contribution in [3.8, 4) is 0 Å². The molecule has 0 aliphatic carbocycles. The first-order chi connectivity index (χ1) is 6.63. The van der Waals surface area contributed by atoms with Crippen molar-refractivity contribution >= 4 is 21.6 Å². The van der Waals surface area contributed by atoms with E-state index in [2.05, 4.69) is 21.2 Å². The molecule has 1 unspecified atom stereocenters. The zero-order valence-corrected chi connectivity index (χ0v) is 9.44. The lowest BCUT2D eigenvalue weighted by atomic mass is 10.2. The van der Waals surface area contributed by atoms with Gasteiger partial charge in [-0.2, -0.15) is 0 Å². The van der Waals surface area contributed by atoms with E-state index in [1.54, 1.807) is 13.0 Å². The predicted octanol–water partition coefficient (Wildman–Crippen LogP) is 3.75. The summed E-state index contributed by atoms with van der Waals surface area (Å²) < 4.78 is 26.4. The number of benzene rings is 1. The number of nitrogens with one attached hydrogen (secondary N) is 1. The lowest BCUT2D eigenvalue weighted by Gasteiger charge is -2.10. The fourth-order valence-corrected chi connectivity index (χ4v) is 1.38. The van der Waals surface area contributed by atoms with Crippen LogP contribution >= 0.6 is 15.9 Å². The number of hydrogen-bond donors (Lipinski definition) is 1. The SMILES string of the molecule is CCC(F)CNc1cc(F)ccc1Br. The van der Waals surface area contributed by atoms with Crippen molar-refractivity contribution in [1.82, 2.24) is 0 Å². The third kappa shape index (κ3) is 3.25. The highest BCUT2D eigenvalue weighted by Gasteiger charge is 2.05. The third-order valence-electron chi connectivity index (χ3n) is 1.89. The average molecular weight is 264 g/mol. The van der Waals surface area contributed by atoms with Gasteiger partial charge in [-0.1, -0.05) is 6.92 Å². The Morgan fingerprint density at radius 1 is 1.50 bits per heavy atom. The Morgan fingerprint density at radius 2 is 2.21 bits per heavy atom. The first-order valence-corrected chi connectivity index (χ1v) is 5.25. The van der Waals surface area contributed by atoms with E-state index in [4.69, 9.17) is 0 Å². The molecule has 1 nitrogen and oxygen atoms in total. The summed E-state index contributed by atoms with van der Waals surface area (Å²) >= 11 is 3.25. The fraction of sp³-hybridized carbons (Fsp3) is 0.400. The lowest BCUT2D eigenvalue weighted by molar-refractivity contribution is 0.340. The van der Waals surface area contributed by atoms with Gasteiger partial charge in [-0.05, 0) is 40.5 Å². The molecule has 0 bridgehead atoms. The standard InChI is InChI=1S/C10H12BrF2N/c1-2-7(12)6-14-10-5-8(13)3-4-9(10)11/h3-5,7,14H,2,6H2,1H3. The largest absolute Gasteiger partial charge is 0.381 e. The van der Waals surface area contributed by atoms with Gasteiger partial charge in [0.05, 0.1) is 5.69 Å². The van der Waals surface area contributed by atoms with Gasteiger partial charge in [0, 0.05) is 11.0 Å². The molecule has 4 heteroatoms. The summed E-state index contributed by atoms with van der Waals surface area (Å²) in [5, 5.41) is 2.84. The quantitative estimate of drug-likeness (QED) is 0.873. The summed E-state index contributed by atoms with van der Waals surface area (Å²) in [5.41, 5.74) is 0.584. The van der Waals surface area contributed by atoms with Gasteiger partial charge in [-0.15, -0.1) is 0 Å². The molecular formula is C10H12BrF2N. The Labute approximate surface area is 90.6 Å². The second-order valence-electron chi connectivity index (χ2n) is 3.01. The molecule has 1 aromatic carbocycles. The number of hydrogen-bond acceptors (Lipinski definition) is 1. The molecule has 1 aromatic rings. The van der Waals surface area contributed by atoms with Crippen molar-refractivity contribution in [3.63, 3.8) is 0 Å². The van der Waals surface area contributed by atoms with Crippen molar-refractivity contribution in [1.29, 1.82) is 0 Å². The van der Waals surface area contributed by atoms with Gasteiger partial charge in [0.1, 0.15) is 12.0 Å². The average Bonchev–Trinajstić information content (AvgIpc) is 2.19. The highest BCUT2D eigenvalue weighted by Crippen LogP contribution is 2.23. The Morgan fingerprint density at radius 3 is 2.86 bits per heavy atom. The van der Waals surface area contributed by atoms with Crippen molar-refractivity contribution in [2.45, 2.75) is 19.5 Å². The van der Waals surface area contributed by atoms with E-state index < -0.39 is 6.17 Å². The zero-order chi connectivity index (χ0) is 10.6. The van der Waals surface area contributed by atoms with Crippen LogP contribution in [0.3, 0.4) is 0 Å². The van der Waals surface area contributed by atoms with Crippen molar-refractivity contribution in [2.24, 2.45) is 0 Å². The van der Waals surface area contributed by atoms with E-state index in [9.17, 15) is 8.78 Å². The van der Waals surface area contributed by atoms with Gasteiger partial charge in [0.15, 0.2) is 0 Å². The molecule has 0 heterocycles. The number of anilines is 1. The van der Waals surface area contributed by atoms with E-state index in [0.29, 0.717) is 12.1 Å². The van der Waals surface area contributed by atoms with Gasteiger partial charge in [-0.25, -0.2) is 8.78 Å². The highest BCUT2D eigenvalue weighted by atomic mass is 79.9. The number of halogens is 3. The topological polar surface area (TPSA) is 12.0 Å². The maximum atomic E-state index is 12.9. The molecule has 78 valence electrons. The van der Waals surface area contributed by atoms with Crippen LogP contribution in [0.15, 0.2) is 22.7 Å². The molecule has 0 spiro atoms. The van der Waals surface area contributed by atoms with Gasteiger partial charge >= 0.3 is 0 Å². The van der Waals surface area contributed by atoms with Crippen molar-refractivity contribution in [2.75, 3.05) is 11.9 Å². The number of rotatable bonds is 4. The second kappa shape index (κ2) is 5.29. The summed E-state index contributed by atoms with van der Waals surface area (Å²) in [6.45, 7) is 1.98. The summed E-state index contributed by atoms with van der Waals surface area (Å²) in [4.78, 5) is 0. The predicted molar refractivity (Wildman–Crippen MR) is 57.8 cm³/mol. The Hall–Kier alpha value is -0.640. The lowest BCUT2D eigenvalue weighted by Crippen LogP contribution is -2.14. The molecule has 14 heavy (non-hydrogen) atoms. The van der Waals surface area contributed by atoms with E-state index in [-0.39, 0.29) is 12.4 Å². The highest BCUT2D eigenvalue weighted by molar-refractivity contribution is 9.10. The molecule has 0 fully saturated rings. The summed E-state index contributed by atoms with van der Waals surface area (Å²) in [7, 11) is 0. The molecule has 0 aliphatic heterocycles. The molecule has 0 aromatic heterocycles. The van der Waals surface area contributed by atoms with E-state index in [1.807, 2.05) is 0 Å². The van der Waals surface area contributed by atoms with Crippen molar-refractivity contribution in [3.05, 3.63) is 28.5 Å². The molecule has 0 radical (unpaired) electrons. The van der Waals surface area contributed by atoms with Crippen molar-refractivity contribution < 1.29 is 8.78 Å². The monoisotopic (exact) mass is 263 g/mol. The maximum Gasteiger partial charge on any atom is 0.125 e. The molecular weight excluding hydrogens is 252 g/mol. The minimum absolute atomic E-state index is 0.207. The van der Waals surface area contributed by atoms with Crippen LogP contribution in [-0.4, -0.2) is 12.7 Å². The van der Waals surface area contributed by atoms with Crippen LogP contribution in [0.5, 0.6) is 0 Å².